The van der Waals surface area contributed by atoms with Gasteiger partial charge in [-0.15, -0.1) is 0 Å². The number of carbonyl (C=O) groups is 1. The Morgan fingerprint density at radius 1 is 1.05 bits per heavy atom. The van der Waals surface area contributed by atoms with Crippen LogP contribution in [0.25, 0.3) is 22.4 Å². The standard InChI is InChI=1S/C29H34N6O3S/c1-19(2)39(37,38)23-10-7-20(8-11-23)25-16-30-28-27(32-25)26(17-31-28)35-18-21-15-22(9-12-24(21)29(35)36)34(5)14-6-13-33(3)4/h7-12,15-17,19H,6,13-14,18H2,1-5H3,(H,30,31). The molecule has 5 rings (SSSR count). The first kappa shape index (κ1) is 26.8. The zero-order valence-corrected chi connectivity index (χ0v) is 23.8. The van der Waals surface area contributed by atoms with E-state index in [0.29, 0.717) is 34.7 Å². The van der Waals surface area contributed by atoms with Crippen molar-refractivity contribution in [1.29, 1.82) is 0 Å². The van der Waals surface area contributed by atoms with Crippen LogP contribution in [0.1, 0.15) is 36.2 Å². The topological polar surface area (TPSA) is 102 Å². The number of anilines is 2. The number of carbonyl (C=O) groups excluding carboxylic acids is 1. The lowest BCUT2D eigenvalue weighted by Crippen LogP contribution is -2.23. The summed E-state index contributed by atoms with van der Waals surface area (Å²) in [6.45, 7) is 5.74. The molecule has 0 radical (unpaired) electrons. The normalized spacial score (nSPS) is 13.6. The molecule has 10 heteroatoms. The SMILES string of the molecule is CC(C)S(=O)(=O)c1ccc(-c2cnc3[nH]cc(N4Cc5cc(N(C)CCCN(C)C)ccc5C4=O)c3n2)cc1. The number of nitrogens with zero attached hydrogens (tertiary/aromatic N) is 5. The van der Waals surface area contributed by atoms with Crippen LogP contribution in [0, 0.1) is 0 Å². The van der Waals surface area contributed by atoms with Gasteiger partial charge in [-0.1, -0.05) is 12.1 Å². The summed E-state index contributed by atoms with van der Waals surface area (Å²) >= 11 is 0. The Kier molecular flexibility index (Phi) is 7.17. The number of H-pyrrole nitrogens is 1. The van der Waals surface area contributed by atoms with Gasteiger partial charge < -0.3 is 19.7 Å². The molecule has 3 heterocycles. The van der Waals surface area contributed by atoms with Crippen molar-refractivity contribution >= 4 is 38.3 Å². The lowest BCUT2D eigenvalue weighted by molar-refractivity contribution is 0.0997. The molecular formula is C29H34N6O3S. The first-order valence-corrected chi connectivity index (χ1v) is 14.6. The maximum atomic E-state index is 13.4. The van der Waals surface area contributed by atoms with Crippen molar-refractivity contribution in [1.82, 2.24) is 19.9 Å². The third-order valence-corrected chi connectivity index (χ3v) is 9.35. The minimum Gasteiger partial charge on any atom is -0.375 e. The van der Waals surface area contributed by atoms with Gasteiger partial charge >= 0.3 is 0 Å². The van der Waals surface area contributed by atoms with Crippen molar-refractivity contribution in [2.75, 3.05) is 44.0 Å². The van der Waals surface area contributed by atoms with E-state index in [1.165, 1.54) is 0 Å². The van der Waals surface area contributed by atoms with Gasteiger partial charge in [-0.2, -0.15) is 0 Å². The fourth-order valence-corrected chi connectivity index (χ4v) is 5.86. The Labute approximate surface area is 229 Å². The first-order chi connectivity index (χ1) is 18.6. The number of aromatic amines is 1. The van der Waals surface area contributed by atoms with Gasteiger partial charge in [0, 0.05) is 36.6 Å². The molecule has 0 spiro atoms. The average molecular weight is 547 g/mol. The molecule has 9 nitrogen and oxygen atoms in total. The van der Waals surface area contributed by atoms with Crippen molar-refractivity contribution in [2.24, 2.45) is 0 Å². The third kappa shape index (κ3) is 5.14. The van der Waals surface area contributed by atoms with Crippen LogP contribution in [-0.4, -0.2) is 73.7 Å². The molecular weight excluding hydrogens is 512 g/mol. The van der Waals surface area contributed by atoms with Crippen LogP contribution in [0.5, 0.6) is 0 Å². The van der Waals surface area contributed by atoms with Crippen molar-refractivity contribution in [3.05, 3.63) is 66.0 Å². The number of hydrogen-bond acceptors (Lipinski definition) is 7. The van der Waals surface area contributed by atoms with Gasteiger partial charge in [-0.25, -0.2) is 18.4 Å². The number of aromatic nitrogens is 3. The summed E-state index contributed by atoms with van der Waals surface area (Å²) in [5, 5.41) is -0.497. The molecule has 0 unspecified atom stereocenters. The Hall–Kier alpha value is -3.76. The summed E-state index contributed by atoms with van der Waals surface area (Å²) < 4.78 is 25.0. The van der Waals surface area contributed by atoms with Gasteiger partial charge in [0.1, 0.15) is 5.52 Å². The summed E-state index contributed by atoms with van der Waals surface area (Å²) in [7, 11) is 2.86. The highest BCUT2D eigenvalue weighted by molar-refractivity contribution is 7.92. The summed E-state index contributed by atoms with van der Waals surface area (Å²) in [6, 6.07) is 12.7. The Bertz CT molecular complexity index is 1630. The molecule has 1 N–H and O–H groups in total. The van der Waals surface area contributed by atoms with Crippen LogP contribution in [0.2, 0.25) is 0 Å². The zero-order chi connectivity index (χ0) is 27.9. The zero-order valence-electron chi connectivity index (χ0n) is 23.0. The van der Waals surface area contributed by atoms with Crippen molar-refractivity contribution in [3.8, 4) is 11.3 Å². The van der Waals surface area contributed by atoms with Crippen LogP contribution in [-0.2, 0) is 16.4 Å². The maximum absolute atomic E-state index is 13.4. The van der Waals surface area contributed by atoms with E-state index in [9.17, 15) is 13.2 Å². The van der Waals surface area contributed by atoms with Crippen molar-refractivity contribution in [3.63, 3.8) is 0 Å². The maximum Gasteiger partial charge on any atom is 0.259 e. The smallest absolute Gasteiger partial charge is 0.259 e. The lowest BCUT2D eigenvalue weighted by Gasteiger charge is -2.21. The number of fused-ring (bicyclic) bond motifs is 2. The molecule has 0 atom stereocenters. The second-order valence-electron chi connectivity index (χ2n) is 10.6. The lowest BCUT2D eigenvalue weighted by atomic mass is 10.1. The molecule has 2 aromatic heterocycles. The Morgan fingerprint density at radius 2 is 1.79 bits per heavy atom. The van der Waals surface area contributed by atoms with E-state index in [1.54, 1.807) is 55.4 Å². The summed E-state index contributed by atoms with van der Waals surface area (Å²) in [5.41, 5.74) is 5.95. The van der Waals surface area contributed by atoms with E-state index in [1.807, 2.05) is 12.1 Å². The van der Waals surface area contributed by atoms with Crippen molar-refractivity contribution in [2.45, 2.75) is 37.0 Å². The van der Waals surface area contributed by atoms with E-state index in [2.05, 4.69) is 47.0 Å². The Morgan fingerprint density at radius 3 is 2.49 bits per heavy atom. The van der Waals surface area contributed by atoms with E-state index in [0.717, 1.165) is 36.3 Å². The third-order valence-electron chi connectivity index (χ3n) is 7.18. The molecule has 0 bridgehead atoms. The van der Waals surface area contributed by atoms with Gasteiger partial charge in [0.25, 0.3) is 5.91 Å². The number of sulfone groups is 1. The second-order valence-corrected chi connectivity index (χ2v) is 13.1. The second kappa shape index (κ2) is 10.4. The molecule has 0 fully saturated rings. The van der Waals surface area contributed by atoms with Gasteiger partial charge in [-0.05, 0) is 76.8 Å². The fraction of sp³-hybridized carbons (Fsp3) is 0.345. The highest BCUT2D eigenvalue weighted by atomic mass is 32.2. The predicted octanol–water partition coefficient (Wildman–Crippen LogP) is 4.36. The van der Waals surface area contributed by atoms with E-state index >= 15 is 0 Å². The van der Waals surface area contributed by atoms with Crippen LogP contribution >= 0.6 is 0 Å². The first-order valence-electron chi connectivity index (χ1n) is 13.1. The van der Waals surface area contributed by atoms with Crippen LogP contribution in [0.3, 0.4) is 0 Å². The summed E-state index contributed by atoms with van der Waals surface area (Å²) in [6.07, 6.45) is 4.47. The monoisotopic (exact) mass is 546 g/mol. The molecule has 1 aliphatic rings. The number of nitrogens with one attached hydrogen (secondary N) is 1. The van der Waals surface area contributed by atoms with Gasteiger partial charge in [0.2, 0.25) is 0 Å². The molecule has 204 valence electrons. The van der Waals surface area contributed by atoms with Crippen LogP contribution in [0.15, 0.2) is 59.8 Å². The van der Waals surface area contributed by atoms with Gasteiger partial charge in [-0.3, -0.25) is 4.79 Å². The van der Waals surface area contributed by atoms with Gasteiger partial charge in [0.05, 0.1) is 34.3 Å². The number of hydrogen-bond donors (Lipinski definition) is 1. The van der Waals surface area contributed by atoms with Crippen LogP contribution < -0.4 is 9.80 Å². The number of benzene rings is 2. The molecule has 4 aromatic rings. The Balaban J connectivity index is 1.40. The fourth-order valence-electron chi connectivity index (χ4n) is 4.80. The summed E-state index contributed by atoms with van der Waals surface area (Å²) in [5.74, 6) is -0.0665. The molecule has 2 aromatic carbocycles. The molecule has 0 saturated heterocycles. The molecule has 0 saturated carbocycles. The molecule has 1 amide bonds. The quantitative estimate of drug-likeness (QED) is 0.333. The highest BCUT2D eigenvalue weighted by Crippen LogP contribution is 2.35. The molecule has 39 heavy (non-hydrogen) atoms. The van der Waals surface area contributed by atoms with Crippen LogP contribution in [0.4, 0.5) is 11.4 Å². The minimum absolute atomic E-state index is 0.0665. The predicted molar refractivity (Wildman–Crippen MR) is 155 cm³/mol. The highest BCUT2D eigenvalue weighted by Gasteiger charge is 2.31. The van der Waals surface area contributed by atoms with Gasteiger partial charge in [0.15, 0.2) is 15.5 Å². The van der Waals surface area contributed by atoms with E-state index < -0.39 is 15.1 Å². The largest absolute Gasteiger partial charge is 0.375 e. The number of amides is 1. The van der Waals surface area contributed by atoms with E-state index in [-0.39, 0.29) is 10.8 Å². The molecule has 0 aliphatic carbocycles. The average Bonchev–Trinajstić information content (AvgIpc) is 3.48. The molecule has 1 aliphatic heterocycles. The number of rotatable bonds is 9. The minimum atomic E-state index is -3.36. The van der Waals surface area contributed by atoms with E-state index in [4.69, 9.17) is 4.98 Å². The summed E-state index contributed by atoms with van der Waals surface area (Å²) in [4.78, 5) is 32.3. The van der Waals surface area contributed by atoms with Crippen molar-refractivity contribution < 1.29 is 13.2 Å².